The number of sulfonamides is 1. The van der Waals surface area contributed by atoms with E-state index >= 15 is 0 Å². The molecule has 0 N–H and O–H groups in total. The first kappa shape index (κ1) is 17.7. The Morgan fingerprint density at radius 2 is 2.08 bits per heavy atom. The molecule has 8 heteroatoms. The van der Waals surface area contributed by atoms with E-state index in [0.29, 0.717) is 12.3 Å². The quantitative estimate of drug-likeness (QED) is 0.700. The minimum absolute atomic E-state index is 0.0198. The Morgan fingerprint density at radius 3 is 2.65 bits per heavy atom. The number of anilines is 1. The largest absolute Gasteiger partial charge is 0.407 e. The van der Waals surface area contributed by atoms with Crippen molar-refractivity contribution < 1.29 is 21.6 Å². The van der Waals surface area contributed by atoms with Crippen molar-refractivity contribution in [2.75, 3.05) is 10.8 Å². The van der Waals surface area contributed by atoms with Gasteiger partial charge < -0.3 is 0 Å². The zero-order valence-corrected chi connectivity index (χ0v) is 15.1. The van der Waals surface area contributed by atoms with Gasteiger partial charge in [-0.05, 0) is 49.7 Å². The molecule has 0 radical (unpaired) electrons. The van der Waals surface area contributed by atoms with E-state index in [2.05, 4.69) is 4.85 Å². The van der Waals surface area contributed by atoms with E-state index in [1.807, 2.05) is 6.92 Å². The Bertz CT molecular complexity index is 906. The lowest BCUT2D eigenvalue weighted by atomic mass is 9.77. The van der Waals surface area contributed by atoms with Crippen molar-refractivity contribution in [3.05, 3.63) is 35.2 Å². The summed E-state index contributed by atoms with van der Waals surface area (Å²) >= 11 is 0. The average Bonchev–Trinajstić information content (AvgIpc) is 3.23. The number of rotatable bonds is 2. The van der Waals surface area contributed by atoms with Crippen LogP contribution in [0.25, 0.3) is 4.85 Å². The second kappa shape index (κ2) is 5.38. The molecule has 2 aliphatic carbocycles. The van der Waals surface area contributed by atoms with Gasteiger partial charge in [-0.2, -0.15) is 13.2 Å². The summed E-state index contributed by atoms with van der Waals surface area (Å²) in [6.07, 6.45) is -1.41. The lowest BCUT2D eigenvalue weighted by Gasteiger charge is -2.36. The van der Waals surface area contributed by atoms with Crippen LogP contribution in [0.15, 0.2) is 18.2 Å². The highest BCUT2D eigenvalue weighted by atomic mass is 32.2. The molecule has 3 aliphatic rings. The lowest BCUT2D eigenvalue weighted by molar-refractivity contribution is -0.136. The number of halogens is 3. The standard InChI is InChI=1S/C18H19F3N2O2S/c1-3-17-12-5-4-11(8-12)15(17)10-23(26(17,24)25)13-6-7-16(22-2)14(9-13)18(19,20)21/h6-7,9,11-12,15H,3-5,8,10H2,1H3/t11-,12+,15-,17+/m1/s1. The monoisotopic (exact) mass is 384 g/mol. The van der Waals surface area contributed by atoms with Gasteiger partial charge >= 0.3 is 6.18 Å². The number of alkyl halides is 3. The topological polar surface area (TPSA) is 41.7 Å². The summed E-state index contributed by atoms with van der Waals surface area (Å²) in [6, 6.07) is 3.21. The number of hydrogen-bond acceptors (Lipinski definition) is 2. The van der Waals surface area contributed by atoms with Crippen LogP contribution < -0.4 is 4.31 Å². The summed E-state index contributed by atoms with van der Waals surface area (Å²) in [7, 11) is -3.75. The molecule has 0 aromatic heterocycles. The van der Waals surface area contributed by atoms with E-state index in [1.54, 1.807) is 0 Å². The Hall–Kier alpha value is -1.75. The summed E-state index contributed by atoms with van der Waals surface area (Å²) in [6.45, 7) is 9.06. The highest BCUT2D eigenvalue weighted by molar-refractivity contribution is 7.94. The fraction of sp³-hybridized carbons (Fsp3) is 0.611. The van der Waals surface area contributed by atoms with Gasteiger partial charge in [0.2, 0.25) is 10.0 Å². The molecule has 0 spiro atoms. The van der Waals surface area contributed by atoms with E-state index < -0.39 is 32.2 Å². The second-order valence-electron chi connectivity index (χ2n) is 7.53. The molecule has 4 rings (SSSR count). The third-order valence-corrected chi connectivity index (χ3v) is 9.57. The van der Waals surface area contributed by atoms with E-state index in [0.717, 1.165) is 31.4 Å². The minimum Gasteiger partial charge on any atom is -0.270 e. The van der Waals surface area contributed by atoms with Crippen LogP contribution in [-0.4, -0.2) is 19.7 Å². The van der Waals surface area contributed by atoms with Gasteiger partial charge in [-0.25, -0.2) is 13.3 Å². The summed E-state index contributed by atoms with van der Waals surface area (Å²) in [5.74, 6) is 0.414. The predicted octanol–water partition coefficient (Wildman–Crippen LogP) is 4.60. The van der Waals surface area contributed by atoms with E-state index in [9.17, 15) is 21.6 Å². The Morgan fingerprint density at radius 1 is 1.35 bits per heavy atom. The molecule has 2 bridgehead atoms. The molecule has 0 amide bonds. The molecule has 0 unspecified atom stereocenters. The maximum Gasteiger partial charge on any atom is 0.407 e. The van der Waals surface area contributed by atoms with Crippen molar-refractivity contribution in [3.63, 3.8) is 0 Å². The van der Waals surface area contributed by atoms with Gasteiger partial charge in [0, 0.05) is 18.2 Å². The van der Waals surface area contributed by atoms with Crippen LogP contribution in [0, 0.1) is 24.3 Å². The zero-order chi connectivity index (χ0) is 18.9. The van der Waals surface area contributed by atoms with Crippen LogP contribution in [0.1, 0.15) is 38.2 Å². The maximum absolute atomic E-state index is 13.4. The third kappa shape index (κ3) is 2.04. The highest BCUT2D eigenvalue weighted by Gasteiger charge is 2.69. The molecule has 3 fully saturated rings. The van der Waals surface area contributed by atoms with Gasteiger partial charge in [0.25, 0.3) is 0 Å². The van der Waals surface area contributed by atoms with Crippen LogP contribution in [-0.2, 0) is 16.2 Å². The van der Waals surface area contributed by atoms with Crippen LogP contribution in [0.2, 0.25) is 0 Å². The molecular weight excluding hydrogens is 365 g/mol. The van der Waals surface area contributed by atoms with Crippen LogP contribution in [0.5, 0.6) is 0 Å². The Labute approximate surface area is 150 Å². The molecular formula is C18H19F3N2O2S. The molecule has 1 saturated heterocycles. The number of nitrogens with zero attached hydrogens (tertiary/aromatic N) is 2. The van der Waals surface area contributed by atoms with Gasteiger partial charge in [0.1, 0.15) is 0 Å². The first-order valence-electron chi connectivity index (χ1n) is 8.77. The molecule has 1 aliphatic heterocycles. The van der Waals surface area contributed by atoms with E-state index in [4.69, 9.17) is 6.57 Å². The SMILES string of the molecule is [C-]#[N+]c1ccc(N2C[C@@H]3[C@@H]4CC[C@@H](C4)[C@]3(CC)S2(=O)=O)cc1C(F)(F)F. The molecule has 1 aromatic rings. The number of benzene rings is 1. The summed E-state index contributed by atoms with van der Waals surface area (Å²) < 4.78 is 67.0. The fourth-order valence-corrected chi connectivity index (χ4v) is 8.50. The average molecular weight is 384 g/mol. The smallest absolute Gasteiger partial charge is 0.270 e. The summed E-state index contributed by atoms with van der Waals surface area (Å²) in [5, 5.41) is 0. The lowest BCUT2D eigenvalue weighted by Crippen LogP contribution is -2.47. The molecule has 26 heavy (non-hydrogen) atoms. The normalized spacial score (nSPS) is 34.7. The number of fused-ring (bicyclic) bond motifs is 5. The van der Waals surface area contributed by atoms with Crippen molar-refractivity contribution in [2.45, 2.75) is 43.5 Å². The predicted molar refractivity (Wildman–Crippen MR) is 91.3 cm³/mol. The first-order chi connectivity index (χ1) is 12.2. The molecule has 4 nitrogen and oxygen atoms in total. The van der Waals surface area contributed by atoms with E-state index in [1.165, 1.54) is 10.4 Å². The molecule has 140 valence electrons. The first-order valence-corrected chi connectivity index (χ1v) is 10.2. The third-order valence-electron chi connectivity index (χ3n) is 6.74. The van der Waals surface area contributed by atoms with Crippen molar-refractivity contribution >= 4 is 21.4 Å². The van der Waals surface area contributed by atoms with Gasteiger partial charge in [-0.1, -0.05) is 13.0 Å². The van der Waals surface area contributed by atoms with Crippen LogP contribution in [0.4, 0.5) is 24.5 Å². The van der Waals surface area contributed by atoms with E-state index in [-0.39, 0.29) is 24.1 Å². The van der Waals surface area contributed by atoms with Gasteiger partial charge in [0.05, 0.1) is 16.9 Å². The number of hydrogen-bond donors (Lipinski definition) is 0. The summed E-state index contributed by atoms with van der Waals surface area (Å²) in [5.41, 5.74) is -1.57. The van der Waals surface area contributed by atoms with Crippen molar-refractivity contribution in [1.29, 1.82) is 0 Å². The second-order valence-corrected chi connectivity index (χ2v) is 9.68. The molecule has 2 saturated carbocycles. The van der Waals surface area contributed by atoms with Crippen molar-refractivity contribution in [1.82, 2.24) is 0 Å². The zero-order valence-electron chi connectivity index (χ0n) is 14.3. The van der Waals surface area contributed by atoms with Crippen LogP contribution in [0.3, 0.4) is 0 Å². The van der Waals surface area contributed by atoms with Gasteiger partial charge in [-0.15, -0.1) is 0 Å². The molecule has 1 aromatic carbocycles. The van der Waals surface area contributed by atoms with Crippen molar-refractivity contribution in [3.8, 4) is 0 Å². The van der Waals surface area contributed by atoms with Crippen LogP contribution >= 0.6 is 0 Å². The highest BCUT2D eigenvalue weighted by Crippen LogP contribution is 2.63. The maximum atomic E-state index is 13.4. The molecule has 4 atom stereocenters. The Kier molecular flexibility index (Phi) is 3.65. The minimum atomic E-state index is -4.70. The Balaban J connectivity index is 1.83. The molecule has 1 heterocycles. The van der Waals surface area contributed by atoms with Gasteiger partial charge in [-0.3, -0.25) is 4.31 Å². The van der Waals surface area contributed by atoms with Crippen molar-refractivity contribution in [2.24, 2.45) is 17.8 Å². The fourth-order valence-electron chi connectivity index (χ4n) is 5.70. The summed E-state index contributed by atoms with van der Waals surface area (Å²) in [4.78, 5) is 2.92. The van der Waals surface area contributed by atoms with Gasteiger partial charge in [0.15, 0.2) is 5.69 Å².